The Labute approximate surface area is 281 Å². The van der Waals surface area contributed by atoms with Crippen molar-refractivity contribution in [2.45, 2.75) is 31.9 Å². The summed E-state index contributed by atoms with van der Waals surface area (Å²) in [6.07, 6.45) is 4.31. The molecule has 7 rings (SSSR count). The number of anilines is 2. The molecule has 2 aliphatic heterocycles. The maximum atomic E-state index is 12.4. The van der Waals surface area contributed by atoms with Crippen molar-refractivity contribution in [1.29, 1.82) is 0 Å². The molecule has 4 heterocycles. The third kappa shape index (κ3) is 6.59. The fraction of sp³-hybridized carbons (Fsp3) is 0.333. The lowest BCUT2D eigenvalue weighted by Crippen LogP contribution is -2.46. The summed E-state index contributed by atoms with van der Waals surface area (Å²) < 4.78 is 23.5. The highest BCUT2D eigenvalue weighted by atomic mass is 35.5. The molecule has 5 aromatic rings. The monoisotopic (exact) mass is 676 g/mol. The zero-order valence-electron chi connectivity index (χ0n) is 25.8. The Kier molecular flexibility index (Phi) is 8.91. The Morgan fingerprint density at radius 2 is 1.57 bits per heavy atom. The molecule has 2 saturated heterocycles. The minimum absolute atomic E-state index is 0.132. The van der Waals surface area contributed by atoms with Gasteiger partial charge < -0.3 is 24.0 Å². The Morgan fingerprint density at radius 1 is 0.894 bits per heavy atom. The van der Waals surface area contributed by atoms with Crippen molar-refractivity contribution in [2.24, 2.45) is 0 Å². The highest BCUT2D eigenvalue weighted by molar-refractivity contribution is 6.35. The van der Waals surface area contributed by atoms with Crippen LogP contribution in [0.5, 0.6) is 5.75 Å². The number of aryl methyl sites for hydroxylation is 1. The van der Waals surface area contributed by atoms with E-state index in [1.807, 2.05) is 37.3 Å². The van der Waals surface area contributed by atoms with E-state index in [0.29, 0.717) is 35.4 Å². The third-order valence-electron chi connectivity index (χ3n) is 8.48. The second-order valence-corrected chi connectivity index (χ2v) is 12.3. The zero-order chi connectivity index (χ0) is 32.4. The predicted octanol–water partition coefficient (Wildman–Crippen LogP) is 4.63. The number of nitrogens with zero attached hydrogens (tertiary/aromatic N) is 8. The molecule has 14 heteroatoms. The highest BCUT2D eigenvalue weighted by Crippen LogP contribution is 2.40. The Bertz CT molecular complexity index is 1860. The molecule has 2 aromatic heterocycles. The van der Waals surface area contributed by atoms with Crippen molar-refractivity contribution < 1.29 is 14.2 Å². The molecule has 0 saturated carbocycles. The van der Waals surface area contributed by atoms with Crippen LogP contribution in [0.3, 0.4) is 0 Å². The molecule has 2 aliphatic rings. The van der Waals surface area contributed by atoms with Crippen molar-refractivity contribution >= 4 is 34.6 Å². The Hall–Kier alpha value is -4.36. The number of piperazine rings is 1. The van der Waals surface area contributed by atoms with Crippen LogP contribution in [0.1, 0.15) is 12.5 Å². The van der Waals surface area contributed by atoms with Crippen molar-refractivity contribution in [1.82, 2.24) is 29.1 Å². The number of hydrogen-bond donors (Lipinski definition) is 0. The van der Waals surface area contributed by atoms with E-state index in [4.69, 9.17) is 37.4 Å². The molecule has 2 fully saturated rings. The molecule has 12 nitrogen and oxygen atoms in total. The highest BCUT2D eigenvalue weighted by Gasteiger charge is 2.45. The number of rotatable bonds is 10. The SMILES string of the molecule is CCn1ncn(-c2ccc(N3CCN(c4ccc(OCC5COC(Cn6cncn6)(c6ccc(Cl)cc6Cl)O5)cc4)CC3)cc2)c1=O. The van der Waals surface area contributed by atoms with Gasteiger partial charge in [-0.2, -0.15) is 10.2 Å². The van der Waals surface area contributed by atoms with Gasteiger partial charge in [0.05, 0.1) is 17.3 Å². The summed E-state index contributed by atoms with van der Waals surface area (Å²) in [5, 5.41) is 9.35. The quantitative estimate of drug-likeness (QED) is 0.209. The van der Waals surface area contributed by atoms with Gasteiger partial charge in [-0.25, -0.2) is 23.7 Å². The van der Waals surface area contributed by atoms with Crippen LogP contribution in [0.2, 0.25) is 10.0 Å². The number of benzene rings is 3. The van der Waals surface area contributed by atoms with Gasteiger partial charge in [0.1, 0.15) is 44.0 Å². The molecule has 244 valence electrons. The van der Waals surface area contributed by atoms with E-state index in [1.54, 1.807) is 34.0 Å². The molecule has 0 bridgehead atoms. The summed E-state index contributed by atoms with van der Waals surface area (Å²) in [5.41, 5.74) is 3.62. The number of ether oxygens (including phenoxy) is 3. The summed E-state index contributed by atoms with van der Waals surface area (Å²) in [4.78, 5) is 21.2. The van der Waals surface area contributed by atoms with E-state index >= 15 is 0 Å². The summed E-state index contributed by atoms with van der Waals surface area (Å²) >= 11 is 12.7. The van der Waals surface area contributed by atoms with Crippen molar-refractivity contribution in [3.05, 3.63) is 112 Å². The first-order valence-corrected chi connectivity index (χ1v) is 16.2. The van der Waals surface area contributed by atoms with E-state index in [1.165, 1.54) is 11.0 Å². The smallest absolute Gasteiger partial charge is 0.350 e. The number of halogens is 2. The van der Waals surface area contributed by atoms with E-state index < -0.39 is 5.79 Å². The average Bonchev–Trinajstić information content (AvgIpc) is 3.85. The van der Waals surface area contributed by atoms with Crippen LogP contribution in [-0.2, 0) is 28.4 Å². The zero-order valence-corrected chi connectivity index (χ0v) is 27.3. The van der Waals surface area contributed by atoms with E-state index in [-0.39, 0.29) is 18.3 Å². The van der Waals surface area contributed by atoms with Crippen LogP contribution in [0.25, 0.3) is 5.69 Å². The van der Waals surface area contributed by atoms with Gasteiger partial charge in [0.2, 0.25) is 5.79 Å². The van der Waals surface area contributed by atoms with Gasteiger partial charge in [0, 0.05) is 54.7 Å². The fourth-order valence-corrected chi connectivity index (χ4v) is 6.56. The summed E-state index contributed by atoms with van der Waals surface area (Å²) in [6, 6.07) is 21.4. The minimum Gasteiger partial charge on any atom is -0.491 e. The van der Waals surface area contributed by atoms with Crippen LogP contribution in [0.4, 0.5) is 11.4 Å². The van der Waals surface area contributed by atoms with Crippen molar-refractivity contribution in [3.8, 4) is 11.4 Å². The first-order valence-electron chi connectivity index (χ1n) is 15.5. The fourth-order valence-electron chi connectivity index (χ4n) is 6.00. The lowest BCUT2D eigenvalue weighted by Gasteiger charge is -2.37. The molecular weight excluding hydrogens is 643 g/mol. The van der Waals surface area contributed by atoms with Crippen molar-refractivity contribution in [2.75, 3.05) is 49.2 Å². The van der Waals surface area contributed by atoms with Crippen molar-refractivity contribution in [3.63, 3.8) is 0 Å². The molecule has 47 heavy (non-hydrogen) atoms. The second-order valence-electron chi connectivity index (χ2n) is 11.4. The summed E-state index contributed by atoms with van der Waals surface area (Å²) in [6.45, 7) is 6.89. The molecule has 2 atom stereocenters. The standard InChI is InChI=1S/C33H34Cl2N8O4/c1-2-43-32(44)42(23-38-43)27-6-4-25(5-7-27)39-13-15-40(16-14-39)26-8-10-28(11-9-26)45-18-29-19-46-33(47-29,20-41-22-36-21-37-41)30-12-3-24(34)17-31(30)35/h3-12,17,21-23,29H,2,13-16,18-20H2,1H3. The third-order valence-corrected chi connectivity index (χ3v) is 9.03. The van der Waals surface area contributed by atoms with Crippen LogP contribution in [-0.4, -0.2) is 74.6 Å². The first-order chi connectivity index (χ1) is 22.9. The molecule has 2 unspecified atom stereocenters. The van der Waals surface area contributed by atoms with Gasteiger partial charge >= 0.3 is 5.69 Å². The van der Waals surface area contributed by atoms with Gasteiger partial charge in [-0.15, -0.1) is 0 Å². The summed E-state index contributed by atoms with van der Waals surface area (Å²) in [7, 11) is 0. The van der Waals surface area contributed by atoms with Crippen LogP contribution in [0, 0.1) is 0 Å². The van der Waals surface area contributed by atoms with Gasteiger partial charge in [-0.05, 0) is 67.6 Å². The van der Waals surface area contributed by atoms with E-state index in [2.05, 4.69) is 49.2 Å². The topological polar surface area (TPSA) is 105 Å². The summed E-state index contributed by atoms with van der Waals surface area (Å²) in [5.74, 6) is -0.409. The molecule has 0 N–H and O–H groups in total. The van der Waals surface area contributed by atoms with Gasteiger partial charge in [-0.3, -0.25) is 0 Å². The second kappa shape index (κ2) is 13.4. The lowest BCUT2D eigenvalue weighted by molar-refractivity contribution is -0.190. The van der Waals surface area contributed by atoms with Crippen LogP contribution in [0.15, 0.2) is 90.5 Å². The predicted molar refractivity (Wildman–Crippen MR) is 179 cm³/mol. The van der Waals surface area contributed by atoms with Gasteiger partial charge in [-0.1, -0.05) is 29.3 Å². The average molecular weight is 678 g/mol. The Morgan fingerprint density at radius 3 is 2.19 bits per heavy atom. The number of hydrogen-bond acceptors (Lipinski definition) is 9. The normalized spacial score (nSPS) is 19.8. The number of aromatic nitrogens is 6. The maximum Gasteiger partial charge on any atom is 0.350 e. The molecule has 0 radical (unpaired) electrons. The molecule has 0 amide bonds. The molecular formula is C33H34Cl2N8O4. The van der Waals surface area contributed by atoms with E-state index in [9.17, 15) is 4.79 Å². The van der Waals surface area contributed by atoms with E-state index in [0.717, 1.165) is 49.0 Å². The first kappa shape index (κ1) is 31.3. The van der Waals surface area contributed by atoms with Gasteiger partial charge in [0.15, 0.2) is 0 Å². The van der Waals surface area contributed by atoms with Gasteiger partial charge in [0.25, 0.3) is 0 Å². The lowest BCUT2D eigenvalue weighted by atomic mass is 10.1. The molecule has 3 aromatic carbocycles. The Balaban J connectivity index is 0.931. The largest absolute Gasteiger partial charge is 0.491 e. The minimum atomic E-state index is -1.16. The molecule has 0 aliphatic carbocycles. The van der Waals surface area contributed by atoms with Crippen LogP contribution < -0.4 is 20.2 Å². The van der Waals surface area contributed by atoms with Crippen LogP contribution >= 0.6 is 23.2 Å². The molecule has 0 spiro atoms. The maximum absolute atomic E-state index is 12.4.